The van der Waals surface area contributed by atoms with Crippen molar-refractivity contribution in [2.75, 3.05) is 18.5 Å². The lowest BCUT2D eigenvalue weighted by molar-refractivity contribution is 0.101. The molecule has 0 unspecified atom stereocenters. The van der Waals surface area contributed by atoms with Gasteiger partial charge in [0.05, 0.1) is 5.56 Å². The number of carbonyl (C=O) groups is 1. The summed E-state index contributed by atoms with van der Waals surface area (Å²) in [6.07, 6.45) is 5.13. The van der Waals surface area contributed by atoms with Gasteiger partial charge in [-0.2, -0.15) is 4.98 Å². The SMILES string of the molecule is Cc1nc(Oc2ccc(NC(=O)c3cccc4c3OCCO4)cc2)cc(-n2ccnc2)n1. The molecule has 9 heteroatoms. The standard InChI is InChI=1S/C23H19N5O4/c1-15-25-20(28-10-9-24-14-28)13-21(26-15)32-17-7-5-16(6-8-17)27-23(29)18-3-2-4-19-22(18)31-12-11-30-19/h2-10,13-14H,11-12H2,1H3,(H,27,29). The van der Waals surface area contributed by atoms with Gasteiger partial charge < -0.3 is 19.5 Å². The predicted octanol–water partition coefficient (Wildman–Crippen LogP) is 3.79. The van der Waals surface area contributed by atoms with Crippen LogP contribution < -0.4 is 19.5 Å². The second kappa shape index (κ2) is 8.38. The fraction of sp³-hybridized carbons (Fsp3) is 0.130. The number of para-hydroxylation sites is 1. The summed E-state index contributed by atoms with van der Waals surface area (Å²) in [5.74, 6) is 2.97. The zero-order valence-corrected chi connectivity index (χ0v) is 17.2. The van der Waals surface area contributed by atoms with Crippen LogP contribution >= 0.6 is 0 Å². The number of ether oxygens (including phenoxy) is 3. The monoisotopic (exact) mass is 429 g/mol. The molecule has 32 heavy (non-hydrogen) atoms. The molecule has 2 aromatic heterocycles. The number of aryl methyl sites for hydroxylation is 1. The van der Waals surface area contributed by atoms with Crippen molar-refractivity contribution in [3.05, 3.63) is 78.6 Å². The van der Waals surface area contributed by atoms with Gasteiger partial charge in [0.25, 0.3) is 5.91 Å². The first-order valence-corrected chi connectivity index (χ1v) is 9.97. The summed E-state index contributed by atoms with van der Waals surface area (Å²) in [4.78, 5) is 25.5. The third-order valence-corrected chi connectivity index (χ3v) is 4.72. The average Bonchev–Trinajstić information content (AvgIpc) is 3.35. The summed E-state index contributed by atoms with van der Waals surface area (Å²) in [7, 11) is 0. The topological polar surface area (TPSA) is 100 Å². The number of imidazole rings is 1. The van der Waals surface area contributed by atoms with Gasteiger partial charge in [-0.3, -0.25) is 9.36 Å². The van der Waals surface area contributed by atoms with E-state index in [4.69, 9.17) is 14.2 Å². The van der Waals surface area contributed by atoms with Gasteiger partial charge in [-0.1, -0.05) is 6.07 Å². The van der Waals surface area contributed by atoms with Crippen molar-refractivity contribution in [2.45, 2.75) is 6.92 Å². The van der Waals surface area contributed by atoms with Crippen molar-refractivity contribution in [1.29, 1.82) is 0 Å². The average molecular weight is 429 g/mol. The number of benzene rings is 2. The number of amides is 1. The fourth-order valence-corrected chi connectivity index (χ4v) is 3.28. The number of rotatable bonds is 5. The highest BCUT2D eigenvalue weighted by Gasteiger charge is 2.20. The lowest BCUT2D eigenvalue weighted by Crippen LogP contribution is -2.20. The van der Waals surface area contributed by atoms with Crippen LogP contribution in [-0.4, -0.2) is 38.6 Å². The number of anilines is 1. The van der Waals surface area contributed by atoms with E-state index in [1.54, 1.807) is 78.7 Å². The van der Waals surface area contributed by atoms with Crippen LogP contribution in [0.1, 0.15) is 16.2 Å². The summed E-state index contributed by atoms with van der Waals surface area (Å²) in [5, 5.41) is 2.87. The molecular weight excluding hydrogens is 410 g/mol. The van der Waals surface area contributed by atoms with Crippen molar-refractivity contribution in [2.24, 2.45) is 0 Å². The van der Waals surface area contributed by atoms with Gasteiger partial charge in [-0.05, 0) is 43.3 Å². The van der Waals surface area contributed by atoms with E-state index in [1.807, 2.05) is 0 Å². The molecule has 9 nitrogen and oxygen atoms in total. The van der Waals surface area contributed by atoms with Gasteiger partial charge in [-0.25, -0.2) is 9.97 Å². The molecule has 0 saturated heterocycles. The van der Waals surface area contributed by atoms with Crippen LogP contribution in [-0.2, 0) is 0 Å². The van der Waals surface area contributed by atoms with E-state index >= 15 is 0 Å². The van der Waals surface area contributed by atoms with Gasteiger partial charge in [0.15, 0.2) is 11.5 Å². The van der Waals surface area contributed by atoms with Gasteiger partial charge in [0, 0.05) is 24.1 Å². The van der Waals surface area contributed by atoms with Crippen LogP contribution in [0.3, 0.4) is 0 Å². The first-order chi connectivity index (χ1) is 15.7. The van der Waals surface area contributed by atoms with E-state index in [0.717, 1.165) is 0 Å². The third kappa shape index (κ3) is 4.08. The highest BCUT2D eigenvalue weighted by atomic mass is 16.6. The van der Waals surface area contributed by atoms with Crippen molar-refractivity contribution in [3.8, 4) is 28.9 Å². The van der Waals surface area contributed by atoms with Crippen molar-refractivity contribution in [1.82, 2.24) is 19.5 Å². The summed E-state index contributed by atoms with van der Waals surface area (Å²) < 4.78 is 18.8. The number of fused-ring (bicyclic) bond motifs is 1. The Hall–Kier alpha value is -4.40. The molecule has 0 spiro atoms. The largest absolute Gasteiger partial charge is 0.486 e. The molecule has 0 atom stereocenters. The van der Waals surface area contributed by atoms with Crippen LogP contribution in [0.4, 0.5) is 5.69 Å². The van der Waals surface area contributed by atoms with E-state index in [9.17, 15) is 4.79 Å². The molecule has 4 aromatic rings. The maximum absolute atomic E-state index is 12.7. The third-order valence-electron chi connectivity index (χ3n) is 4.72. The molecule has 0 fully saturated rings. The van der Waals surface area contributed by atoms with E-state index < -0.39 is 0 Å². The van der Waals surface area contributed by atoms with Gasteiger partial charge >= 0.3 is 0 Å². The normalized spacial score (nSPS) is 12.3. The zero-order chi connectivity index (χ0) is 21.9. The molecule has 1 aliphatic rings. The molecule has 1 N–H and O–H groups in total. The lowest BCUT2D eigenvalue weighted by Gasteiger charge is -2.20. The second-order valence-electron chi connectivity index (χ2n) is 6.99. The molecule has 0 bridgehead atoms. The van der Waals surface area contributed by atoms with Gasteiger partial charge in [0.1, 0.15) is 36.9 Å². The molecule has 160 valence electrons. The van der Waals surface area contributed by atoms with Crippen molar-refractivity contribution >= 4 is 11.6 Å². The minimum atomic E-state index is -0.280. The maximum Gasteiger partial charge on any atom is 0.259 e. The Morgan fingerprint density at radius 2 is 1.94 bits per heavy atom. The predicted molar refractivity (Wildman–Crippen MR) is 116 cm³/mol. The Labute approximate surface area is 183 Å². The zero-order valence-electron chi connectivity index (χ0n) is 17.2. The minimum Gasteiger partial charge on any atom is -0.486 e. The molecule has 1 aliphatic heterocycles. The molecule has 0 saturated carbocycles. The summed E-state index contributed by atoms with van der Waals surface area (Å²) >= 11 is 0. The molecule has 2 aromatic carbocycles. The Morgan fingerprint density at radius 1 is 1.09 bits per heavy atom. The van der Waals surface area contributed by atoms with Crippen LogP contribution in [0.15, 0.2) is 67.3 Å². The van der Waals surface area contributed by atoms with E-state index in [2.05, 4.69) is 20.3 Å². The number of hydrogen-bond donors (Lipinski definition) is 1. The number of nitrogens with zero attached hydrogens (tertiary/aromatic N) is 4. The number of hydrogen-bond acceptors (Lipinski definition) is 7. The molecule has 1 amide bonds. The van der Waals surface area contributed by atoms with E-state index in [-0.39, 0.29) is 5.91 Å². The van der Waals surface area contributed by atoms with E-state index in [1.165, 1.54) is 0 Å². The van der Waals surface area contributed by atoms with E-state index in [0.29, 0.717) is 59.2 Å². The van der Waals surface area contributed by atoms with Crippen molar-refractivity contribution < 1.29 is 19.0 Å². The molecule has 5 rings (SSSR count). The highest BCUT2D eigenvalue weighted by Crippen LogP contribution is 2.34. The summed E-state index contributed by atoms with van der Waals surface area (Å²) in [5.41, 5.74) is 1.04. The number of nitrogens with one attached hydrogen (secondary N) is 1. The number of aromatic nitrogens is 4. The van der Waals surface area contributed by atoms with Crippen LogP contribution in [0, 0.1) is 6.92 Å². The smallest absolute Gasteiger partial charge is 0.259 e. The molecule has 3 heterocycles. The molecule has 0 aliphatic carbocycles. The quantitative estimate of drug-likeness (QED) is 0.515. The first kappa shape index (κ1) is 19.6. The summed E-state index contributed by atoms with van der Waals surface area (Å²) in [6, 6.07) is 14.0. The molecule has 0 radical (unpaired) electrons. The lowest BCUT2D eigenvalue weighted by atomic mass is 10.1. The fourth-order valence-electron chi connectivity index (χ4n) is 3.28. The summed E-state index contributed by atoms with van der Waals surface area (Å²) in [6.45, 7) is 2.67. The second-order valence-corrected chi connectivity index (χ2v) is 6.99. The Balaban J connectivity index is 1.30. The minimum absolute atomic E-state index is 0.280. The van der Waals surface area contributed by atoms with Gasteiger partial charge in [-0.15, -0.1) is 0 Å². The number of carbonyl (C=O) groups excluding carboxylic acids is 1. The highest BCUT2D eigenvalue weighted by molar-refractivity contribution is 6.06. The van der Waals surface area contributed by atoms with Crippen LogP contribution in [0.2, 0.25) is 0 Å². The Bertz CT molecular complexity index is 1260. The Morgan fingerprint density at radius 3 is 2.75 bits per heavy atom. The van der Waals surface area contributed by atoms with Crippen molar-refractivity contribution in [3.63, 3.8) is 0 Å². The van der Waals surface area contributed by atoms with Gasteiger partial charge in [0.2, 0.25) is 5.88 Å². The van der Waals surface area contributed by atoms with Crippen LogP contribution in [0.25, 0.3) is 5.82 Å². The maximum atomic E-state index is 12.7. The molecular formula is C23H19N5O4. The first-order valence-electron chi connectivity index (χ1n) is 9.97. The Kier molecular flexibility index (Phi) is 5.12. The van der Waals surface area contributed by atoms with Crippen LogP contribution in [0.5, 0.6) is 23.1 Å².